The lowest BCUT2D eigenvalue weighted by atomic mass is 10.2. The van der Waals surface area contributed by atoms with Gasteiger partial charge in [-0.3, -0.25) is 9.78 Å². The van der Waals surface area contributed by atoms with Crippen molar-refractivity contribution in [1.29, 1.82) is 0 Å². The van der Waals surface area contributed by atoms with Gasteiger partial charge in [0.1, 0.15) is 5.75 Å². The number of alkyl halides is 3. The molecule has 1 heterocycles. The minimum absolute atomic E-state index is 0.250. The van der Waals surface area contributed by atoms with Gasteiger partial charge in [-0.25, -0.2) is 0 Å². The Bertz CT molecular complexity index is 391. The van der Waals surface area contributed by atoms with E-state index in [9.17, 15) is 13.2 Å². The lowest BCUT2D eigenvalue weighted by molar-refractivity contribution is -0.153. The Morgan fingerprint density at radius 1 is 1.50 bits per heavy atom. The van der Waals surface area contributed by atoms with Crippen molar-refractivity contribution in [3.63, 3.8) is 0 Å². The number of carbonyl (C=O) groups is 1. The van der Waals surface area contributed by atoms with Gasteiger partial charge in [0.05, 0.1) is 0 Å². The minimum Gasteiger partial charge on any atom is -0.484 e. The van der Waals surface area contributed by atoms with Crippen molar-refractivity contribution in [2.24, 2.45) is 0 Å². The maximum Gasteiger partial charge on any atom is 0.422 e. The van der Waals surface area contributed by atoms with Crippen LogP contribution in [0.3, 0.4) is 0 Å². The van der Waals surface area contributed by atoms with E-state index in [0.29, 0.717) is 11.7 Å². The zero-order chi connectivity index (χ0) is 13.6. The maximum atomic E-state index is 11.9. The summed E-state index contributed by atoms with van der Waals surface area (Å²) in [6, 6.07) is 1.49. The Balaban J connectivity index is 0.000000492. The van der Waals surface area contributed by atoms with Crippen LogP contribution in [0.4, 0.5) is 13.2 Å². The highest BCUT2D eigenvalue weighted by Crippen LogP contribution is 2.43. The van der Waals surface area contributed by atoms with Gasteiger partial charge in [0.15, 0.2) is 6.61 Å². The minimum atomic E-state index is -4.29. The van der Waals surface area contributed by atoms with E-state index in [1.54, 1.807) is 6.20 Å². The molecule has 1 aromatic rings. The fourth-order valence-corrected chi connectivity index (χ4v) is 1.39. The van der Waals surface area contributed by atoms with Gasteiger partial charge in [-0.05, 0) is 24.8 Å². The molecule has 0 unspecified atom stereocenters. The average Bonchev–Trinajstić information content (AvgIpc) is 3.11. The topological polar surface area (TPSA) is 59.4 Å². The Morgan fingerprint density at radius 3 is 2.61 bits per heavy atom. The smallest absolute Gasteiger partial charge is 0.422 e. The fraction of sp³-hybridized carbons (Fsp3) is 0.455. The molecule has 0 aromatic carbocycles. The highest BCUT2D eigenvalue weighted by molar-refractivity contribution is 5.35. The van der Waals surface area contributed by atoms with E-state index in [1.165, 1.54) is 12.3 Å². The molecule has 2 rings (SSSR count). The van der Waals surface area contributed by atoms with E-state index in [-0.39, 0.29) is 6.47 Å². The van der Waals surface area contributed by atoms with Crippen LogP contribution in [-0.4, -0.2) is 29.3 Å². The van der Waals surface area contributed by atoms with Gasteiger partial charge < -0.3 is 9.84 Å². The number of pyridine rings is 1. The molecule has 1 aliphatic rings. The summed E-state index contributed by atoms with van der Waals surface area (Å²) in [6.07, 6.45) is 0.757. The molecule has 1 saturated carbocycles. The quantitative estimate of drug-likeness (QED) is 0.851. The van der Waals surface area contributed by atoms with Crippen molar-refractivity contribution < 1.29 is 27.8 Å². The van der Waals surface area contributed by atoms with Crippen LogP contribution < -0.4 is 4.74 Å². The van der Waals surface area contributed by atoms with Gasteiger partial charge in [0, 0.05) is 18.0 Å². The van der Waals surface area contributed by atoms with Crippen LogP contribution in [0.2, 0.25) is 0 Å². The fourth-order valence-electron chi connectivity index (χ4n) is 1.39. The van der Waals surface area contributed by atoms with Crippen molar-refractivity contribution >= 4 is 6.47 Å². The molecule has 1 aliphatic carbocycles. The molecular formula is C11H12F3NO3. The van der Waals surface area contributed by atoms with E-state index in [4.69, 9.17) is 14.6 Å². The normalized spacial score (nSPS) is 14.4. The molecule has 7 heteroatoms. The number of hydrogen-bond donors (Lipinski definition) is 1. The van der Waals surface area contributed by atoms with E-state index in [0.717, 1.165) is 18.4 Å². The first-order valence-electron chi connectivity index (χ1n) is 5.19. The number of halogens is 3. The second kappa shape index (κ2) is 6.23. The molecule has 0 spiro atoms. The summed E-state index contributed by atoms with van der Waals surface area (Å²) < 4.78 is 40.6. The van der Waals surface area contributed by atoms with Crippen LogP contribution in [0, 0.1) is 0 Å². The Hall–Kier alpha value is -1.79. The SMILES string of the molecule is FC(F)(F)COc1ccncc1C1CC1.O=CO. The van der Waals surface area contributed by atoms with Crippen LogP contribution in [0.5, 0.6) is 5.75 Å². The lowest BCUT2D eigenvalue weighted by Gasteiger charge is -2.11. The molecule has 0 amide bonds. The number of carboxylic acid groups (broad SMARTS) is 1. The average molecular weight is 263 g/mol. The standard InChI is InChI=1S/C10H10F3NO.CH2O2/c11-10(12,13)6-15-9-3-4-14-5-8(9)7-1-2-7;2-1-3/h3-5,7H,1-2,6H2;1H,(H,2,3). The number of ether oxygens (including phenoxy) is 1. The Kier molecular flexibility index (Phi) is 4.94. The van der Waals surface area contributed by atoms with Gasteiger partial charge in [0.2, 0.25) is 0 Å². The summed E-state index contributed by atoms with van der Waals surface area (Å²) in [6.45, 7) is -1.49. The van der Waals surface area contributed by atoms with Crippen LogP contribution in [-0.2, 0) is 4.79 Å². The van der Waals surface area contributed by atoms with Crippen LogP contribution >= 0.6 is 0 Å². The highest BCUT2D eigenvalue weighted by Gasteiger charge is 2.31. The molecule has 100 valence electrons. The number of hydrogen-bond acceptors (Lipinski definition) is 3. The van der Waals surface area contributed by atoms with Crippen molar-refractivity contribution in [3.05, 3.63) is 24.0 Å². The highest BCUT2D eigenvalue weighted by atomic mass is 19.4. The first-order valence-corrected chi connectivity index (χ1v) is 5.19. The summed E-state index contributed by atoms with van der Waals surface area (Å²) in [5.41, 5.74) is 0.793. The Labute approximate surface area is 101 Å². The van der Waals surface area contributed by atoms with E-state index >= 15 is 0 Å². The summed E-state index contributed by atoms with van der Waals surface area (Å²) >= 11 is 0. The molecule has 0 aliphatic heterocycles. The van der Waals surface area contributed by atoms with Gasteiger partial charge in [-0.1, -0.05) is 0 Å². The van der Waals surface area contributed by atoms with Gasteiger partial charge in [-0.15, -0.1) is 0 Å². The first-order chi connectivity index (χ1) is 8.48. The molecule has 0 saturated heterocycles. The van der Waals surface area contributed by atoms with E-state index in [1.807, 2.05) is 0 Å². The van der Waals surface area contributed by atoms with Crippen molar-refractivity contribution in [3.8, 4) is 5.75 Å². The summed E-state index contributed by atoms with van der Waals surface area (Å²) in [5.74, 6) is 0.645. The second-order valence-electron chi connectivity index (χ2n) is 3.70. The molecular weight excluding hydrogens is 251 g/mol. The number of rotatable bonds is 3. The monoisotopic (exact) mass is 263 g/mol. The predicted octanol–water partition coefficient (Wildman–Crippen LogP) is 2.60. The van der Waals surface area contributed by atoms with Gasteiger partial charge >= 0.3 is 6.18 Å². The van der Waals surface area contributed by atoms with E-state index in [2.05, 4.69) is 4.98 Å². The third kappa shape index (κ3) is 5.03. The molecule has 1 aromatic heterocycles. The molecule has 0 bridgehead atoms. The van der Waals surface area contributed by atoms with Crippen LogP contribution in [0.15, 0.2) is 18.5 Å². The molecule has 0 radical (unpaired) electrons. The first kappa shape index (κ1) is 14.3. The summed E-state index contributed by atoms with van der Waals surface area (Å²) in [4.78, 5) is 12.3. The van der Waals surface area contributed by atoms with Crippen molar-refractivity contribution in [2.75, 3.05) is 6.61 Å². The lowest BCUT2D eigenvalue weighted by Crippen LogP contribution is -2.19. The zero-order valence-electron chi connectivity index (χ0n) is 9.35. The van der Waals surface area contributed by atoms with Crippen LogP contribution in [0.1, 0.15) is 24.3 Å². The second-order valence-corrected chi connectivity index (χ2v) is 3.70. The van der Waals surface area contributed by atoms with Gasteiger partial charge in [0.25, 0.3) is 6.47 Å². The third-order valence-corrected chi connectivity index (χ3v) is 2.22. The van der Waals surface area contributed by atoms with Crippen molar-refractivity contribution in [2.45, 2.75) is 24.9 Å². The maximum absolute atomic E-state index is 11.9. The van der Waals surface area contributed by atoms with Gasteiger partial charge in [-0.2, -0.15) is 13.2 Å². The largest absolute Gasteiger partial charge is 0.484 e. The molecule has 18 heavy (non-hydrogen) atoms. The zero-order valence-corrected chi connectivity index (χ0v) is 9.35. The summed E-state index contributed by atoms with van der Waals surface area (Å²) in [5, 5.41) is 6.89. The molecule has 4 nitrogen and oxygen atoms in total. The molecule has 0 atom stereocenters. The Morgan fingerprint density at radius 2 is 2.11 bits per heavy atom. The number of nitrogens with zero attached hydrogens (tertiary/aromatic N) is 1. The van der Waals surface area contributed by atoms with E-state index < -0.39 is 12.8 Å². The summed E-state index contributed by atoms with van der Waals surface area (Å²) in [7, 11) is 0. The molecule has 1 N–H and O–H groups in total. The van der Waals surface area contributed by atoms with Crippen LogP contribution in [0.25, 0.3) is 0 Å². The molecule has 1 fully saturated rings. The third-order valence-electron chi connectivity index (χ3n) is 2.22. The predicted molar refractivity (Wildman–Crippen MR) is 56.5 cm³/mol. The number of aromatic nitrogens is 1. The van der Waals surface area contributed by atoms with Crippen molar-refractivity contribution in [1.82, 2.24) is 4.98 Å².